The van der Waals surface area contributed by atoms with Gasteiger partial charge >= 0.3 is 0 Å². The second-order valence-corrected chi connectivity index (χ2v) is 6.07. The third kappa shape index (κ3) is 5.80. The molecule has 0 amide bonds. The Labute approximate surface area is 138 Å². The fourth-order valence-corrected chi connectivity index (χ4v) is 2.26. The Morgan fingerprint density at radius 2 is 2.13 bits per heavy atom. The van der Waals surface area contributed by atoms with Gasteiger partial charge in [0.15, 0.2) is 5.83 Å². The Morgan fingerprint density at radius 3 is 2.70 bits per heavy atom. The van der Waals surface area contributed by atoms with Crippen LogP contribution in [0.3, 0.4) is 0 Å². The molecule has 1 aliphatic heterocycles. The Morgan fingerprint density at radius 1 is 1.43 bits per heavy atom. The van der Waals surface area contributed by atoms with Crippen molar-refractivity contribution in [2.24, 2.45) is 5.41 Å². The Bertz CT molecular complexity index is 658. The second kappa shape index (κ2) is 8.39. The van der Waals surface area contributed by atoms with Crippen molar-refractivity contribution >= 4 is 0 Å². The van der Waals surface area contributed by atoms with Gasteiger partial charge in [-0.3, -0.25) is 0 Å². The lowest BCUT2D eigenvalue weighted by Crippen LogP contribution is -2.40. The molecule has 1 atom stereocenters. The minimum absolute atomic E-state index is 0.240. The molecule has 3 heteroatoms. The molecule has 0 bridgehead atoms. The lowest BCUT2D eigenvalue weighted by atomic mass is 9.82. The highest BCUT2D eigenvalue weighted by atomic mass is 19.1. The quantitative estimate of drug-likeness (QED) is 0.571. The Balaban J connectivity index is 2.81. The average molecular weight is 315 g/mol. The van der Waals surface area contributed by atoms with E-state index in [4.69, 9.17) is 6.42 Å². The highest BCUT2D eigenvalue weighted by molar-refractivity contribution is 5.35. The number of rotatable bonds is 4. The summed E-state index contributed by atoms with van der Waals surface area (Å²) in [5, 5.41) is 3.09. The number of hydrogen-bond acceptors (Lipinski definition) is 1. The molecule has 1 N–H and O–H groups in total. The zero-order chi connectivity index (χ0) is 17.5. The van der Waals surface area contributed by atoms with Gasteiger partial charge in [-0.25, -0.2) is 4.39 Å². The van der Waals surface area contributed by atoms with Gasteiger partial charge in [0.25, 0.3) is 0 Å². The van der Waals surface area contributed by atoms with Crippen LogP contribution >= 0.6 is 0 Å². The second-order valence-electron chi connectivity index (χ2n) is 6.07. The highest BCUT2D eigenvalue weighted by Gasteiger charge is 2.32. The summed E-state index contributed by atoms with van der Waals surface area (Å²) < 4.78 is 27.3. The number of terminal acetylenes is 1. The summed E-state index contributed by atoms with van der Waals surface area (Å²) in [5.74, 6) is 7.15. The smallest absolute Gasteiger partial charge is 0.172 e. The molecule has 0 aromatic heterocycles. The van der Waals surface area contributed by atoms with Crippen molar-refractivity contribution in [2.45, 2.75) is 46.6 Å². The van der Waals surface area contributed by atoms with Gasteiger partial charge in [-0.2, -0.15) is 4.39 Å². The van der Waals surface area contributed by atoms with E-state index < -0.39 is 17.3 Å². The third-order valence-corrected chi connectivity index (χ3v) is 3.48. The van der Waals surface area contributed by atoms with E-state index in [9.17, 15) is 8.78 Å². The normalized spacial score (nSPS) is 18.9. The summed E-state index contributed by atoms with van der Waals surface area (Å²) in [7, 11) is 0. The average Bonchev–Trinajstić information content (AvgIpc) is 2.50. The largest absolute Gasteiger partial charge is 0.380 e. The van der Waals surface area contributed by atoms with Gasteiger partial charge in [-0.05, 0) is 50.8 Å². The fourth-order valence-electron chi connectivity index (χ4n) is 2.26. The summed E-state index contributed by atoms with van der Waals surface area (Å²) >= 11 is 0. The lowest BCUT2D eigenvalue weighted by molar-refractivity contribution is 0.335. The predicted octanol–water partition coefficient (Wildman–Crippen LogP) is 4.96. The van der Waals surface area contributed by atoms with Crippen LogP contribution in [0, 0.1) is 29.6 Å². The summed E-state index contributed by atoms with van der Waals surface area (Å²) in [6.07, 6.45) is 12.4. The van der Waals surface area contributed by atoms with Crippen LogP contribution in [-0.4, -0.2) is 6.04 Å². The zero-order valence-corrected chi connectivity index (χ0v) is 14.1. The van der Waals surface area contributed by atoms with Gasteiger partial charge in [0.2, 0.25) is 0 Å². The summed E-state index contributed by atoms with van der Waals surface area (Å²) in [6, 6.07) is -0.464. The topological polar surface area (TPSA) is 12.0 Å². The summed E-state index contributed by atoms with van der Waals surface area (Å²) in [5.41, 5.74) is 1.18. The van der Waals surface area contributed by atoms with Crippen LogP contribution in [0.4, 0.5) is 8.78 Å². The van der Waals surface area contributed by atoms with E-state index in [0.29, 0.717) is 6.42 Å². The van der Waals surface area contributed by atoms with Crippen molar-refractivity contribution in [3.8, 4) is 24.2 Å². The van der Waals surface area contributed by atoms with Crippen LogP contribution in [0.2, 0.25) is 0 Å². The van der Waals surface area contributed by atoms with Crippen molar-refractivity contribution in [1.29, 1.82) is 0 Å². The van der Waals surface area contributed by atoms with Crippen molar-refractivity contribution < 1.29 is 8.78 Å². The van der Waals surface area contributed by atoms with E-state index in [0.717, 1.165) is 17.6 Å². The third-order valence-electron chi connectivity index (χ3n) is 3.48. The fraction of sp³-hybridized carbons (Fsp3) is 0.400. The first-order valence-electron chi connectivity index (χ1n) is 7.62. The lowest BCUT2D eigenvalue weighted by Gasteiger charge is -2.31. The van der Waals surface area contributed by atoms with Gasteiger partial charge in [-0.15, -0.1) is 12.3 Å². The highest BCUT2D eigenvalue weighted by Crippen LogP contribution is 2.30. The summed E-state index contributed by atoms with van der Waals surface area (Å²) in [6.45, 7) is 7.64. The standard InChI is InChI=1S/C20H23F2N/c1-6-8-11-20(4,5)19-18(22)13-16(14-23-19)12-15(3)9-10-17(21)7-2/h2,9-10,13-14,19,23H,6,12H2,1,3-5H3/b15-9+,17-10+. The molecule has 23 heavy (non-hydrogen) atoms. The molecule has 1 unspecified atom stereocenters. The van der Waals surface area contributed by atoms with E-state index in [2.05, 4.69) is 17.2 Å². The minimum atomic E-state index is -0.627. The first kappa shape index (κ1) is 18.8. The van der Waals surface area contributed by atoms with E-state index in [1.165, 1.54) is 12.2 Å². The first-order valence-corrected chi connectivity index (χ1v) is 7.62. The van der Waals surface area contributed by atoms with Crippen molar-refractivity contribution in [3.05, 3.63) is 47.2 Å². The Kier molecular flexibility index (Phi) is 6.86. The van der Waals surface area contributed by atoms with Crippen LogP contribution in [0.25, 0.3) is 0 Å². The van der Waals surface area contributed by atoms with Gasteiger partial charge in [0, 0.05) is 12.6 Å². The molecule has 0 fully saturated rings. The molecular formula is C20H23F2N. The van der Waals surface area contributed by atoms with Crippen LogP contribution in [-0.2, 0) is 0 Å². The minimum Gasteiger partial charge on any atom is -0.380 e. The van der Waals surface area contributed by atoms with Gasteiger partial charge in [-0.1, -0.05) is 24.5 Å². The molecule has 1 aliphatic rings. The van der Waals surface area contributed by atoms with Crippen LogP contribution in [0.5, 0.6) is 0 Å². The van der Waals surface area contributed by atoms with Crippen LogP contribution in [0.1, 0.15) is 40.5 Å². The van der Waals surface area contributed by atoms with Gasteiger partial charge in [0.1, 0.15) is 5.83 Å². The van der Waals surface area contributed by atoms with Crippen molar-refractivity contribution in [2.75, 3.05) is 0 Å². The van der Waals surface area contributed by atoms with Crippen molar-refractivity contribution in [3.63, 3.8) is 0 Å². The summed E-state index contributed by atoms with van der Waals surface area (Å²) in [4.78, 5) is 0. The molecular weight excluding hydrogens is 292 g/mol. The predicted molar refractivity (Wildman–Crippen MR) is 92.4 cm³/mol. The molecule has 0 saturated heterocycles. The molecule has 0 spiro atoms. The van der Waals surface area contributed by atoms with Crippen LogP contribution < -0.4 is 5.32 Å². The zero-order valence-electron chi connectivity index (χ0n) is 14.1. The van der Waals surface area contributed by atoms with Gasteiger partial charge in [0.05, 0.1) is 11.5 Å². The maximum Gasteiger partial charge on any atom is 0.172 e. The van der Waals surface area contributed by atoms with Crippen molar-refractivity contribution in [1.82, 2.24) is 5.32 Å². The first-order chi connectivity index (χ1) is 10.8. The number of nitrogens with one attached hydrogen (secondary N) is 1. The maximum atomic E-state index is 14.4. The molecule has 0 aliphatic carbocycles. The molecule has 122 valence electrons. The van der Waals surface area contributed by atoms with Crippen LogP contribution in [0.15, 0.2) is 47.2 Å². The van der Waals surface area contributed by atoms with E-state index >= 15 is 0 Å². The number of halogens is 2. The number of allylic oxidation sites excluding steroid dienone is 6. The molecule has 0 saturated carbocycles. The Hall–Kier alpha value is -2.26. The molecule has 0 radical (unpaired) electrons. The number of dihydropyridines is 1. The van der Waals surface area contributed by atoms with E-state index in [1.807, 2.05) is 33.6 Å². The number of hydrogen-bond donors (Lipinski definition) is 1. The molecule has 1 rings (SSSR count). The van der Waals surface area contributed by atoms with E-state index in [-0.39, 0.29) is 5.83 Å². The SMILES string of the molecule is C#C/C(F)=C\C=C(/C)CC1=CNC(C(C)(C)C#CCC)C(F)=C1. The maximum absolute atomic E-state index is 14.4. The molecule has 0 aromatic carbocycles. The molecule has 1 heterocycles. The van der Waals surface area contributed by atoms with Gasteiger partial charge < -0.3 is 5.32 Å². The monoisotopic (exact) mass is 315 g/mol. The molecule has 0 aromatic rings. The van der Waals surface area contributed by atoms with E-state index in [1.54, 1.807) is 12.3 Å². The molecule has 1 nitrogen and oxygen atoms in total.